The Morgan fingerprint density at radius 1 is 1.08 bits per heavy atom. The maximum Gasteiger partial charge on any atom is 0.426 e. The van der Waals surface area contributed by atoms with Gasteiger partial charge in [-0.15, -0.1) is 0 Å². The highest BCUT2D eigenvalue weighted by Crippen LogP contribution is 2.39. The van der Waals surface area contributed by atoms with Crippen LogP contribution in [0.2, 0.25) is 5.02 Å². The number of alkyl halides is 3. The summed E-state index contributed by atoms with van der Waals surface area (Å²) < 4.78 is 44.1. The molecule has 0 radical (unpaired) electrons. The smallest absolute Gasteiger partial charge is 0.426 e. The maximum atomic E-state index is 13.1. The first-order valence-electron chi connectivity index (χ1n) is 7.56. The standard InChI is InChI=1S/C18H12ClF3O4/c19-12-4-1-9(2-5-12)15(23)10-3-6-14-11(7-10)8-13(17(24)25)16(26-14)18(20,21)22/h1-7,13,16H,8H2,(H,24,25). The Kier molecular flexibility index (Phi) is 4.66. The molecule has 0 fully saturated rings. The summed E-state index contributed by atoms with van der Waals surface area (Å²) in [5, 5.41) is 9.58. The van der Waals surface area contributed by atoms with Gasteiger partial charge in [0.15, 0.2) is 5.78 Å². The van der Waals surface area contributed by atoms with Gasteiger partial charge in [-0.25, -0.2) is 0 Å². The molecule has 136 valence electrons. The predicted octanol–water partition coefficient (Wildman–Crippen LogP) is 4.14. The summed E-state index contributed by atoms with van der Waals surface area (Å²) in [4.78, 5) is 23.7. The summed E-state index contributed by atoms with van der Waals surface area (Å²) in [5.74, 6) is -3.80. The van der Waals surface area contributed by atoms with Crippen molar-refractivity contribution in [1.29, 1.82) is 0 Å². The molecule has 0 aromatic heterocycles. The topological polar surface area (TPSA) is 63.6 Å². The van der Waals surface area contributed by atoms with Crippen molar-refractivity contribution in [2.24, 2.45) is 5.92 Å². The third kappa shape index (κ3) is 3.53. The molecule has 3 rings (SSSR count). The number of hydrogen-bond donors (Lipinski definition) is 1. The summed E-state index contributed by atoms with van der Waals surface area (Å²) >= 11 is 5.78. The molecule has 0 aliphatic carbocycles. The number of carboxylic acid groups (broad SMARTS) is 1. The van der Waals surface area contributed by atoms with Gasteiger partial charge in [0.2, 0.25) is 6.10 Å². The fraction of sp³-hybridized carbons (Fsp3) is 0.222. The van der Waals surface area contributed by atoms with E-state index < -0.39 is 24.2 Å². The van der Waals surface area contributed by atoms with Gasteiger partial charge in [-0.3, -0.25) is 9.59 Å². The molecule has 0 saturated heterocycles. The van der Waals surface area contributed by atoms with Gasteiger partial charge in [0.25, 0.3) is 0 Å². The van der Waals surface area contributed by atoms with E-state index in [0.29, 0.717) is 10.6 Å². The molecule has 8 heteroatoms. The van der Waals surface area contributed by atoms with Gasteiger partial charge in [0.1, 0.15) is 11.7 Å². The Morgan fingerprint density at radius 3 is 2.27 bits per heavy atom. The number of carboxylic acids is 1. The first-order valence-corrected chi connectivity index (χ1v) is 7.94. The highest BCUT2D eigenvalue weighted by molar-refractivity contribution is 6.30. The van der Waals surface area contributed by atoms with Crippen LogP contribution in [0.15, 0.2) is 42.5 Å². The fourth-order valence-electron chi connectivity index (χ4n) is 2.84. The Hall–Kier alpha value is -2.54. The van der Waals surface area contributed by atoms with E-state index in [9.17, 15) is 22.8 Å². The van der Waals surface area contributed by atoms with Crippen molar-refractivity contribution in [3.05, 3.63) is 64.2 Å². The molecule has 2 aromatic carbocycles. The number of carbonyl (C=O) groups excluding carboxylic acids is 1. The second-order valence-corrected chi connectivity index (χ2v) is 6.32. The van der Waals surface area contributed by atoms with Crippen LogP contribution < -0.4 is 4.74 Å². The van der Waals surface area contributed by atoms with E-state index in [2.05, 4.69) is 0 Å². The number of ketones is 1. The average molecular weight is 385 g/mol. The van der Waals surface area contributed by atoms with Crippen LogP contribution in [0.3, 0.4) is 0 Å². The summed E-state index contributed by atoms with van der Waals surface area (Å²) in [6.45, 7) is 0. The lowest BCUT2D eigenvalue weighted by Crippen LogP contribution is -2.47. The second kappa shape index (κ2) is 6.64. The minimum Gasteiger partial charge on any atom is -0.481 e. The number of fused-ring (bicyclic) bond motifs is 1. The molecular formula is C18H12ClF3O4. The Morgan fingerprint density at radius 2 is 1.69 bits per heavy atom. The van der Waals surface area contributed by atoms with E-state index >= 15 is 0 Å². The molecule has 26 heavy (non-hydrogen) atoms. The molecule has 0 amide bonds. The van der Waals surface area contributed by atoms with Crippen molar-refractivity contribution in [3.63, 3.8) is 0 Å². The highest BCUT2D eigenvalue weighted by atomic mass is 35.5. The van der Waals surface area contributed by atoms with E-state index in [4.69, 9.17) is 21.4 Å². The minimum absolute atomic E-state index is 0.0718. The number of carbonyl (C=O) groups is 2. The maximum absolute atomic E-state index is 13.1. The molecule has 0 bridgehead atoms. The number of ether oxygens (including phenoxy) is 1. The van der Waals surface area contributed by atoms with Gasteiger partial charge in [-0.1, -0.05) is 11.6 Å². The molecule has 0 saturated carbocycles. The summed E-state index contributed by atoms with van der Waals surface area (Å²) in [6, 6.07) is 10.1. The summed E-state index contributed by atoms with van der Waals surface area (Å²) in [5.41, 5.74) is 0.830. The Bertz CT molecular complexity index is 862. The first kappa shape index (κ1) is 18.3. The molecule has 1 aliphatic rings. The SMILES string of the molecule is O=C(c1ccc(Cl)cc1)c1ccc2c(c1)CC(C(=O)O)C(C(F)(F)F)O2. The number of hydrogen-bond acceptors (Lipinski definition) is 3. The van der Waals surface area contributed by atoms with Gasteiger partial charge < -0.3 is 9.84 Å². The molecule has 0 spiro atoms. The van der Waals surface area contributed by atoms with Crippen LogP contribution in [-0.4, -0.2) is 29.1 Å². The number of halogens is 4. The highest BCUT2D eigenvalue weighted by Gasteiger charge is 2.52. The lowest BCUT2D eigenvalue weighted by molar-refractivity contribution is -0.217. The van der Waals surface area contributed by atoms with Crippen LogP contribution in [0, 0.1) is 5.92 Å². The van der Waals surface area contributed by atoms with Crippen LogP contribution in [0.1, 0.15) is 21.5 Å². The van der Waals surface area contributed by atoms with E-state index in [-0.39, 0.29) is 29.1 Å². The van der Waals surface area contributed by atoms with E-state index in [1.807, 2.05) is 0 Å². The van der Waals surface area contributed by atoms with Crippen molar-refractivity contribution in [3.8, 4) is 5.75 Å². The third-order valence-electron chi connectivity index (χ3n) is 4.13. The Labute approximate surface area is 151 Å². The molecule has 1 N–H and O–H groups in total. The van der Waals surface area contributed by atoms with Crippen molar-refractivity contribution in [2.75, 3.05) is 0 Å². The van der Waals surface area contributed by atoms with Gasteiger partial charge in [0.05, 0.1) is 0 Å². The van der Waals surface area contributed by atoms with E-state index in [0.717, 1.165) is 0 Å². The predicted molar refractivity (Wildman–Crippen MR) is 86.6 cm³/mol. The second-order valence-electron chi connectivity index (χ2n) is 5.89. The van der Waals surface area contributed by atoms with Crippen molar-refractivity contribution >= 4 is 23.4 Å². The molecule has 2 atom stereocenters. The van der Waals surface area contributed by atoms with Crippen LogP contribution in [0.5, 0.6) is 5.75 Å². The normalized spacial score (nSPS) is 19.4. The van der Waals surface area contributed by atoms with Gasteiger partial charge in [-0.2, -0.15) is 13.2 Å². The zero-order valence-corrected chi connectivity index (χ0v) is 13.8. The summed E-state index contributed by atoms with van der Waals surface area (Å²) in [7, 11) is 0. The number of aliphatic carboxylic acids is 1. The minimum atomic E-state index is -4.81. The van der Waals surface area contributed by atoms with E-state index in [1.165, 1.54) is 30.3 Å². The van der Waals surface area contributed by atoms with Gasteiger partial charge >= 0.3 is 12.1 Å². The van der Waals surface area contributed by atoms with Gasteiger partial charge in [0, 0.05) is 16.1 Å². The zero-order chi connectivity index (χ0) is 19.1. The van der Waals surface area contributed by atoms with Crippen LogP contribution >= 0.6 is 11.6 Å². The monoisotopic (exact) mass is 384 g/mol. The average Bonchev–Trinajstić information content (AvgIpc) is 2.59. The number of rotatable bonds is 3. The van der Waals surface area contributed by atoms with Crippen LogP contribution in [0.25, 0.3) is 0 Å². The number of benzene rings is 2. The quantitative estimate of drug-likeness (QED) is 0.808. The zero-order valence-electron chi connectivity index (χ0n) is 13.1. The molecular weight excluding hydrogens is 373 g/mol. The molecule has 4 nitrogen and oxygen atoms in total. The van der Waals surface area contributed by atoms with Crippen molar-refractivity contribution in [2.45, 2.75) is 18.7 Å². The molecule has 1 heterocycles. The van der Waals surface area contributed by atoms with Crippen molar-refractivity contribution in [1.82, 2.24) is 0 Å². The van der Waals surface area contributed by atoms with Crippen LogP contribution in [-0.2, 0) is 11.2 Å². The van der Waals surface area contributed by atoms with Crippen molar-refractivity contribution < 1.29 is 32.6 Å². The molecule has 2 unspecified atom stereocenters. The lowest BCUT2D eigenvalue weighted by Gasteiger charge is -2.32. The van der Waals surface area contributed by atoms with Crippen LogP contribution in [0.4, 0.5) is 13.2 Å². The first-order chi connectivity index (χ1) is 12.2. The largest absolute Gasteiger partial charge is 0.481 e. The fourth-order valence-corrected chi connectivity index (χ4v) is 2.96. The van der Waals surface area contributed by atoms with E-state index in [1.54, 1.807) is 12.1 Å². The summed E-state index contributed by atoms with van der Waals surface area (Å²) in [6.07, 6.45) is -7.61. The molecule has 1 aliphatic heterocycles. The third-order valence-corrected chi connectivity index (χ3v) is 4.38. The lowest BCUT2D eigenvalue weighted by atomic mass is 9.88. The molecule has 2 aromatic rings. The Balaban J connectivity index is 1.94. The van der Waals surface area contributed by atoms with Gasteiger partial charge in [-0.05, 0) is 54.4 Å².